The lowest BCUT2D eigenvalue weighted by molar-refractivity contribution is 0.214. The van der Waals surface area contributed by atoms with Crippen molar-refractivity contribution >= 4 is 17.5 Å². The molecular weight excluding hydrogens is 444 g/mol. The number of aromatic nitrogens is 3. The van der Waals surface area contributed by atoms with Gasteiger partial charge in [-0.25, -0.2) is 9.78 Å². The summed E-state index contributed by atoms with van der Waals surface area (Å²) in [4.78, 5) is 24.9. The van der Waals surface area contributed by atoms with Gasteiger partial charge in [-0.1, -0.05) is 19.0 Å². The number of benzene rings is 1. The van der Waals surface area contributed by atoms with E-state index in [-0.39, 0.29) is 6.03 Å². The SMILES string of the molecule is CCc1nc(-c2cc(C)c(OCCC(C)CCN3CCN(c4ccnc(N)c4)C3=O)c(C)c2)no1. The van der Waals surface area contributed by atoms with E-state index in [1.165, 1.54) is 0 Å². The van der Waals surface area contributed by atoms with E-state index >= 15 is 0 Å². The maximum Gasteiger partial charge on any atom is 0.324 e. The molecule has 4 rings (SSSR count). The third-order valence-electron chi connectivity index (χ3n) is 6.41. The molecule has 1 unspecified atom stereocenters. The molecule has 35 heavy (non-hydrogen) atoms. The van der Waals surface area contributed by atoms with Crippen molar-refractivity contribution in [1.29, 1.82) is 0 Å². The number of aryl methyl sites for hydroxylation is 3. The summed E-state index contributed by atoms with van der Waals surface area (Å²) in [6.07, 6.45) is 4.19. The maximum absolute atomic E-state index is 12.8. The van der Waals surface area contributed by atoms with E-state index in [0.29, 0.717) is 43.0 Å². The number of rotatable bonds is 10. The Labute approximate surface area is 206 Å². The van der Waals surface area contributed by atoms with Crippen molar-refractivity contribution in [3.05, 3.63) is 47.5 Å². The van der Waals surface area contributed by atoms with Crippen LogP contribution in [0.4, 0.5) is 16.3 Å². The van der Waals surface area contributed by atoms with Gasteiger partial charge in [-0.05, 0) is 61.9 Å². The standard InChI is InChI=1S/C26H34N6O3/c1-5-23-29-25(30-35-23)20-14-18(3)24(19(4)15-20)34-13-8-17(2)7-10-31-11-12-32(26(31)33)21-6-9-28-22(27)16-21/h6,9,14-17H,5,7-8,10-13H2,1-4H3,(H2,27,28). The number of nitrogens with two attached hydrogens (primary N) is 1. The van der Waals surface area contributed by atoms with Gasteiger partial charge in [-0.15, -0.1) is 0 Å². The first-order valence-electron chi connectivity index (χ1n) is 12.2. The molecule has 1 fully saturated rings. The van der Waals surface area contributed by atoms with Crippen LogP contribution < -0.4 is 15.4 Å². The van der Waals surface area contributed by atoms with Gasteiger partial charge in [0.15, 0.2) is 0 Å². The topological polar surface area (TPSA) is 111 Å². The van der Waals surface area contributed by atoms with E-state index in [2.05, 4.69) is 22.0 Å². The van der Waals surface area contributed by atoms with E-state index in [4.69, 9.17) is 15.0 Å². The van der Waals surface area contributed by atoms with Gasteiger partial charge >= 0.3 is 6.03 Å². The lowest BCUT2D eigenvalue weighted by atomic mass is 10.0. The molecule has 3 heterocycles. The zero-order valence-corrected chi connectivity index (χ0v) is 21.0. The van der Waals surface area contributed by atoms with Crippen molar-refractivity contribution in [3.8, 4) is 17.1 Å². The molecule has 0 saturated carbocycles. The second kappa shape index (κ2) is 10.8. The average molecular weight is 479 g/mol. The average Bonchev–Trinajstić information content (AvgIpc) is 3.46. The Morgan fingerprint density at radius 1 is 1.17 bits per heavy atom. The van der Waals surface area contributed by atoms with Gasteiger partial charge in [0.1, 0.15) is 11.6 Å². The van der Waals surface area contributed by atoms with Crippen LogP contribution in [0, 0.1) is 19.8 Å². The van der Waals surface area contributed by atoms with Crippen LogP contribution in [0.2, 0.25) is 0 Å². The molecule has 1 aliphatic rings. The van der Waals surface area contributed by atoms with Crippen LogP contribution in [0.15, 0.2) is 35.0 Å². The van der Waals surface area contributed by atoms with Crippen molar-refractivity contribution in [2.45, 2.75) is 47.0 Å². The zero-order valence-electron chi connectivity index (χ0n) is 21.0. The quantitative estimate of drug-likeness (QED) is 0.452. The van der Waals surface area contributed by atoms with E-state index in [9.17, 15) is 4.79 Å². The fourth-order valence-electron chi connectivity index (χ4n) is 4.34. The summed E-state index contributed by atoms with van der Waals surface area (Å²) in [5.74, 6) is 3.00. The summed E-state index contributed by atoms with van der Waals surface area (Å²) in [5.41, 5.74) is 9.60. The fraction of sp³-hybridized carbons (Fsp3) is 0.462. The number of urea groups is 1. The Kier molecular flexibility index (Phi) is 7.53. The second-order valence-electron chi connectivity index (χ2n) is 9.20. The first-order valence-corrected chi connectivity index (χ1v) is 12.2. The van der Waals surface area contributed by atoms with Crippen LogP contribution in [-0.2, 0) is 6.42 Å². The molecule has 1 aliphatic heterocycles. The van der Waals surface area contributed by atoms with Gasteiger partial charge in [-0.3, -0.25) is 4.90 Å². The number of hydrogen-bond acceptors (Lipinski definition) is 7. The summed E-state index contributed by atoms with van der Waals surface area (Å²) < 4.78 is 11.4. The summed E-state index contributed by atoms with van der Waals surface area (Å²) in [6, 6.07) is 7.66. The van der Waals surface area contributed by atoms with Crippen molar-refractivity contribution in [2.24, 2.45) is 5.92 Å². The highest BCUT2D eigenvalue weighted by Crippen LogP contribution is 2.29. The highest BCUT2D eigenvalue weighted by molar-refractivity contribution is 5.94. The molecule has 1 saturated heterocycles. The predicted molar refractivity (Wildman–Crippen MR) is 135 cm³/mol. The number of amides is 2. The number of carbonyl (C=O) groups excluding carboxylic acids is 1. The highest BCUT2D eigenvalue weighted by Gasteiger charge is 2.29. The lowest BCUT2D eigenvalue weighted by Gasteiger charge is -2.21. The molecule has 1 atom stereocenters. The Morgan fingerprint density at radius 3 is 2.63 bits per heavy atom. The monoisotopic (exact) mass is 478 g/mol. The van der Waals surface area contributed by atoms with Gasteiger partial charge in [0.25, 0.3) is 0 Å². The summed E-state index contributed by atoms with van der Waals surface area (Å²) in [5, 5.41) is 4.07. The van der Waals surface area contributed by atoms with Crippen LogP contribution in [0.1, 0.15) is 43.7 Å². The minimum absolute atomic E-state index is 0.0260. The van der Waals surface area contributed by atoms with E-state index < -0.39 is 0 Å². The zero-order chi connectivity index (χ0) is 24.9. The molecule has 1 aromatic carbocycles. The second-order valence-corrected chi connectivity index (χ2v) is 9.20. The third-order valence-corrected chi connectivity index (χ3v) is 6.41. The van der Waals surface area contributed by atoms with Gasteiger partial charge in [0, 0.05) is 43.9 Å². The largest absolute Gasteiger partial charge is 0.493 e. The molecule has 186 valence electrons. The van der Waals surface area contributed by atoms with Gasteiger partial charge in [0.2, 0.25) is 11.7 Å². The highest BCUT2D eigenvalue weighted by atomic mass is 16.5. The predicted octanol–water partition coefficient (Wildman–Crippen LogP) is 4.63. The molecule has 0 spiro atoms. The Morgan fingerprint density at radius 2 is 1.94 bits per heavy atom. The van der Waals surface area contributed by atoms with Crippen molar-refractivity contribution in [1.82, 2.24) is 20.0 Å². The van der Waals surface area contributed by atoms with Gasteiger partial charge in [-0.2, -0.15) is 4.98 Å². The summed E-state index contributed by atoms with van der Waals surface area (Å²) >= 11 is 0. The first kappa shape index (κ1) is 24.5. The molecule has 0 aliphatic carbocycles. The molecule has 3 aromatic rings. The van der Waals surface area contributed by atoms with Crippen molar-refractivity contribution in [3.63, 3.8) is 0 Å². The van der Waals surface area contributed by atoms with Crippen LogP contribution in [0.25, 0.3) is 11.4 Å². The Hall–Kier alpha value is -3.62. The number of nitrogens with zero attached hydrogens (tertiary/aromatic N) is 5. The molecule has 2 N–H and O–H groups in total. The molecule has 2 amide bonds. The van der Waals surface area contributed by atoms with Crippen LogP contribution in [0.5, 0.6) is 5.75 Å². The van der Waals surface area contributed by atoms with Crippen LogP contribution in [-0.4, -0.2) is 52.3 Å². The lowest BCUT2D eigenvalue weighted by Crippen LogP contribution is -2.33. The number of hydrogen-bond donors (Lipinski definition) is 1. The molecule has 0 radical (unpaired) electrons. The van der Waals surface area contributed by atoms with Gasteiger partial charge < -0.3 is 19.9 Å². The fourth-order valence-corrected chi connectivity index (χ4v) is 4.34. The normalized spacial score (nSPS) is 14.6. The van der Waals surface area contributed by atoms with E-state index in [1.54, 1.807) is 17.2 Å². The third kappa shape index (κ3) is 5.72. The van der Waals surface area contributed by atoms with Crippen molar-refractivity contribution in [2.75, 3.05) is 36.9 Å². The van der Waals surface area contributed by atoms with Crippen molar-refractivity contribution < 1.29 is 14.1 Å². The minimum atomic E-state index is 0.0260. The Balaban J connectivity index is 1.25. The molecular formula is C26H34N6O3. The number of pyridine rings is 1. The smallest absolute Gasteiger partial charge is 0.324 e. The number of carbonyl (C=O) groups is 1. The summed E-state index contributed by atoms with van der Waals surface area (Å²) in [6.45, 7) is 11.0. The number of ether oxygens (including phenoxy) is 1. The summed E-state index contributed by atoms with van der Waals surface area (Å²) in [7, 11) is 0. The van der Waals surface area contributed by atoms with Gasteiger partial charge in [0.05, 0.1) is 12.3 Å². The first-order chi connectivity index (χ1) is 16.9. The van der Waals surface area contributed by atoms with E-state index in [1.807, 2.05) is 43.9 Å². The molecule has 9 heteroatoms. The molecule has 9 nitrogen and oxygen atoms in total. The Bertz CT molecular complexity index is 1150. The van der Waals surface area contributed by atoms with E-state index in [0.717, 1.165) is 54.1 Å². The maximum atomic E-state index is 12.8. The minimum Gasteiger partial charge on any atom is -0.493 e. The number of nitrogen functional groups attached to an aromatic ring is 1. The number of anilines is 2. The molecule has 0 bridgehead atoms. The molecule has 2 aromatic heterocycles. The van der Waals surface area contributed by atoms with Crippen LogP contribution in [0.3, 0.4) is 0 Å². The van der Waals surface area contributed by atoms with Crippen LogP contribution >= 0.6 is 0 Å².